The summed E-state index contributed by atoms with van der Waals surface area (Å²) in [6.07, 6.45) is 7.36. The fourth-order valence-electron chi connectivity index (χ4n) is 3.90. The molecule has 9 nitrogen and oxygen atoms in total. The van der Waals surface area contributed by atoms with Crippen LogP contribution >= 0.6 is 0 Å². The fourth-order valence-corrected chi connectivity index (χ4v) is 3.90. The number of aliphatic imine (C=N–C) groups is 1. The summed E-state index contributed by atoms with van der Waals surface area (Å²) in [5.74, 6) is 0.867. The number of nitrogens with zero attached hydrogens (tertiary/aromatic N) is 6. The lowest BCUT2D eigenvalue weighted by Crippen LogP contribution is -2.55. The first-order valence-corrected chi connectivity index (χ1v) is 10.0. The van der Waals surface area contributed by atoms with E-state index in [4.69, 9.17) is 0 Å². The molecule has 1 aromatic rings. The van der Waals surface area contributed by atoms with E-state index in [1.807, 2.05) is 23.0 Å². The van der Waals surface area contributed by atoms with Gasteiger partial charge in [-0.3, -0.25) is 19.3 Å². The topological polar surface area (TPSA) is 86.1 Å². The lowest BCUT2D eigenvalue weighted by Gasteiger charge is -2.36. The summed E-state index contributed by atoms with van der Waals surface area (Å²) in [7, 11) is 3.54. The van der Waals surface area contributed by atoms with E-state index in [1.54, 1.807) is 22.8 Å². The zero-order valence-electron chi connectivity index (χ0n) is 17.1. The van der Waals surface area contributed by atoms with Crippen molar-refractivity contribution in [3.8, 4) is 0 Å². The third-order valence-electron chi connectivity index (χ3n) is 5.48. The normalized spacial score (nSPS) is 21.2. The number of rotatable bonds is 4. The molecule has 3 heterocycles. The molecule has 2 fully saturated rings. The van der Waals surface area contributed by atoms with Gasteiger partial charge in [0.15, 0.2) is 5.96 Å². The third kappa shape index (κ3) is 4.63. The zero-order valence-corrected chi connectivity index (χ0v) is 17.1. The van der Waals surface area contributed by atoms with Crippen molar-refractivity contribution < 1.29 is 9.59 Å². The zero-order chi connectivity index (χ0) is 20.1. The molecule has 3 rings (SSSR count). The minimum absolute atomic E-state index is 0.0143. The highest BCUT2D eigenvalue weighted by Gasteiger charge is 2.28. The van der Waals surface area contributed by atoms with Crippen LogP contribution in [0.25, 0.3) is 0 Å². The standard InChI is InChI=1S/C19H31N7O2/c1-15-6-4-5-9-25(15)17(27)7-8-21-19(20-2)24-10-11-26(18(28)14-24)16-12-22-23(3)13-16/h12-13,15H,4-11,14H2,1-3H3,(H,20,21). The largest absolute Gasteiger partial charge is 0.356 e. The van der Waals surface area contributed by atoms with E-state index in [1.165, 1.54) is 6.42 Å². The highest BCUT2D eigenvalue weighted by Crippen LogP contribution is 2.17. The summed E-state index contributed by atoms with van der Waals surface area (Å²) < 4.78 is 1.69. The summed E-state index contributed by atoms with van der Waals surface area (Å²) in [5.41, 5.74) is 0.816. The third-order valence-corrected chi connectivity index (χ3v) is 5.48. The SMILES string of the molecule is CN=C(NCCC(=O)N1CCCCC1C)N1CCN(c2cnn(C)c2)C(=O)C1. The molecule has 0 radical (unpaired) electrons. The minimum Gasteiger partial charge on any atom is -0.356 e. The molecule has 154 valence electrons. The number of amides is 2. The second-order valence-corrected chi connectivity index (χ2v) is 7.50. The summed E-state index contributed by atoms with van der Waals surface area (Å²) >= 11 is 0. The molecule has 9 heteroatoms. The smallest absolute Gasteiger partial charge is 0.246 e. The highest BCUT2D eigenvalue weighted by molar-refractivity contribution is 5.98. The first-order valence-electron chi connectivity index (χ1n) is 10.0. The van der Waals surface area contributed by atoms with Gasteiger partial charge in [-0.05, 0) is 26.2 Å². The molecule has 1 aromatic heterocycles. The van der Waals surface area contributed by atoms with E-state index < -0.39 is 0 Å². The van der Waals surface area contributed by atoms with E-state index in [0.717, 1.165) is 25.1 Å². The van der Waals surface area contributed by atoms with Crippen LogP contribution in [0.3, 0.4) is 0 Å². The van der Waals surface area contributed by atoms with Crippen molar-refractivity contribution in [2.75, 3.05) is 44.7 Å². The number of anilines is 1. The van der Waals surface area contributed by atoms with Gasteiger partial charge < -0.3 is 20.0 Å². The molecule has 2 saturated heterocycles. The number of hydrogen-bond donors (Lipinski definition) is 1. The summed E-state index contributed by atoms with van der Waals surface area (Å²) in [4.78, 5) is 35.0. The number of nitrogens with one attached hydrogen (secondary N) is 1. The number of guanidine groups is 1. The molecule has 0 aliphatic carbocycles. The van der Waals surface area contributed by atoms with Gasteiger partial charge in [0.2, 0.25) is 11.8 Å². The Labute approximate surface area is 166 Å². The number of carbonyl (C=O) groups is 2. The maximum absolute atomic E-state index is 12.6. The van der Waals surface area contributed by atoms with Gasteiger partial charge in [0, 0.05) is 58.9 Å². The number of carbonyl (C=O) groups excluding carboxylic acids is 2. The number of piperidine rings is 1. The van der Waals surface area contributed by atoms with Crippen LogP contribution in [0.5, 0.6) is 0 Å². The van der Waals surface area contributed by atoms with Crippen LogP contribution in [0.15, 0.2) is 17.4 Å². The van der Waals surface area contributed by atoms with Gasteiger partial charge in [0.1, 0.15) is 6.54 Å². The molecular weight excluding hydrogens is 358 g/mol. The predicted octanol–water partition coefficient (Wildman–Crippen LogP) is 0.435. The molecule has 1 unspecified atom stereocenters. The van der Waals surface area contributed by atoms with E-state index in [9.17, 15) is 9.59 Å². The van der Waals surface area contributed by atoms with Crippen LogP contribution in [0.4, 0.5) is 5.69 Å². The van der Waals surface area contributed by atoms with Gasteiger partial charge in [-0.25, -0.2) is 0 Å². The molecular formula is C19H31N7O2. The highest BCUT2D eigenvalue weighted by atomic mass is 16.2. The van der Waals surface area contributed by atoms with Crippen LogP contribution in [-0.4, -0.2) is 83.2 Å². The number of likely N-dealkylation sites (tertiary alicyclic amines) is 1. The van der Waals surface area contributed by atoms with E-state index in [-0.39, 0.29) is 18.4 Å². The van der Waals surface area contributed by atoms with Crippen LogP contribution in [0, 0.1) is 0 Å². The van der Waals surface area contributed by atoms with E-state index in [0.29, 0.717) is 38.1 Å². The van der Waals surface area contributed by atoms with Crippen LogP contribution in [0.2, 0.25) is 0 Å². The fraction of sp³-hybridized carbons (Fsp3) is 0.684. The monoisotopic (exact) mass is 389 g/mol. The molecule has 2 amide bonds. The molecule has 2 aliphatic rings. The van der Waals surface area contributed by atoms with E-state index in [2.05, 4.69) is 22.3 Å². The first kappa shape index (κ1) is 20.2. The lowest BCUT2D eigenvalue weighted by atomic mass is 10.0. The number of piperazine rings is 1. The van der Waals surface area contributed by atoms with Gasteiger partial charge in [-0.2, -0.15) is 5.10 Å². The van der Waals surface area contributed by atoms with Crippen LogP contribution in [0.1, 0.15) is 32.6 Å². The molecule has 1 atom stereocenters. The Bertz CT molecular complexity index is 730. The summed E-state index contributed by atoms with van der Waals surface area (Å²) in [6.45, 7) is 5.01. The maximum Gasteiger partial charge on any atom is 0.246 e. The van der Waals surface area contributed by atoms with Crippen molar-refractivity contribution in [1.29, 1.82) is 0 Å². The van der Waals surface area contributed by atoms with Gasteiger partial charge in [-0.15, -0.1) is 0 Å². The van der Waals surface area contributed by atoms with Crippen molar-refractivity contribution in [3.05, 3.63) is 12.4 Å². The van der Waals surface area contributed by atoms with Gasteiger partial charge in [0.05, 0.1) is 11.9 Å². The van der Waals surface area contributed by atoms with Crippen molar-refractivity contribution in [1.82, 2.24) is 24.9 Å². The maximum atomic E-state index is 12.6. The van der Waals surface area contributed by atoms with Gasteiger partial charge in [-0.1, -0.05) is 0 Å². The molecule has 1 N–H and O–H groups in total. The summed E-state index contributed by atoms with van der Waals surface area (Å²) in [6, 6.07) is 0.332. The molecule has 0 aromatic carbocycles. The first-order chi connectivity index (χ1) is 13.5. The van der Waals surface area contributed by atoms with Crippen molar-refractivity contribution in [2.24, 2.45) is 12.0 Å². The Kier molecular flexibility index (Phi) is 6.53. The van der Waals surface area contributed by atoms with Gasteiger partial charge >= 0.3 is 0 Å². The Balaban J connectivity index is 1.48. The predicted molar refractivity (Wildman–Crippen MR) is 108 cm³/mol. The van der Waals surface area contributed by atoms with Crippen molar-refractivity contribution >= 4 is 23.5 Å². The Morgan fingerprint density at radius 3 is 2.79 bits per heavy atom. The Morgan fingerprint density at radius 1 is 1.32 bits per heavy atom. The summed E-state index contributed by atoms with van der Waals surface area (Å²) in [5, 5.41) is 7.38. The molecule has 0 bridgehead atoms. The number of aromatic nitrogens is 2. The average Bonchev–Trinajstić information content (AvgIpc) is 3.11. The van der Waals surface area contributed by atoms with Crippen LogP contribution in [-0.2, 0) is 16.6 Å². The quantitative estimate of drug-likeness (QED) is 0.596. The molecule has 0 spiro atoms. The lowest BCUT2D eigenvalue weighted by molar-refractivity contribution is -0.134. The number of aryl methyl sites for hydroxylation is 1. The van der Waals surface area contributed by atoms with Crippen LogP contribution < -0.4 is 10.2 Å². The van der Waals surface area contributed by atoms with Crippen molar-refractivity contribution in [2.45, 2.75) is 38.6 Å². The Morgan fingerprint density at radius 2 is 2.14 bits per heavy atom. The van der Waals surface area contributed by atoms with Crippen molar-refractivity contribution in [3.63, 3.8) is 0 Å². The second-order valence-electron chi connectivity index (χ2n) is 7.50. The average molecular weight is 390 g/mol. The molecule has 0 saturated carbocycles. The molecule has 28 heavy (non-hydrogen) atoms. The number of hydrogen-bond acceptors (Lipinski definition) is 4. The second kappa shape index (κ2) is 9.07. The minimum atomic E-state index is 0.0143. The molecule has 2 aliphatic heterocycles. The Hall–Kier alpha value is -2.58. The van der Waals surface area contributed by atoms with Gasteiger partial charge in [0.25, 0.3) is 0 Å². The van der Waals surface area contributed by atoms with E-state index >= 15 is 0 Å².